The lowest BCUT2D eigenvalue weighted by atomic mass is 10.2. The molecule has 0 atom stereocenters. The van der Waals surface area contributed by atoms with Crippen molar-refractivity contribution in [2.75, 3.05) is 0 Å². The molecular formula is C13H7F2NO4S. The van der Waals surface area contributed by atoms with E-state index in [2.05, 4.69) is 0 Å². The number of hydrogen-bond acceptors (Lipinski definition) is 4. The summed E-state index contributed by atoms with van der Waals surface area (Å²) in [7, 11) is 0. The summed E-state index contributed by atoms with van der Waals surface area (Å²) in [4.78, 5) is 21.0. The summed E-state index contributed by atoms with van der Waals surface area (Å²) < 4.78 is 26.9. The van der Waals surface area contributed by atoms with Gasteiger partial charge in [0.2, 0.25) is 0 Å². The number of nitro groups is 1. The van der Waals surface area contributed by atoms with Gasteiger partial charge < -0.3 is 5.11 Å². The number of nitro benzene ring substituents is 1. The number of halogens is 2. The number of aromatic carboxylic acids is 1. The Morgan fingerprint density at radius 1 is 1.24 bits per heavy atom. The average molecular weight is 311 g/mol. The van der Waals surface area contributed by atoms with Gasteiger partial charge in [-0.2, -0.15) is 0 Å². The van der Waals surface area contributed by atoms with E-state index in [4.69, 9.17) is 5.11 Å². The van der Waals surface area contributed by atoms with Gasteiger partial charge in [-0.05, 0) is 24.3 Å². The standard InChI is InChI=1S/C13H7F2NO4S/c14-7-2-1-3-8(4-7)21-12-5-9(13(17)18)11(16(19)20)6-10(12)15/h1-6H,(H,17,18). The first kappa shape index (κ1) is 14.9. The van der Waals surface area contributed by atoms with Crippen molar-refractivity contribution in [3.8, 4) is 0 Å². The largest absolute Gasteiger partial charge is 0.477 e. The van der Waals surface area contributed by atoms with Gasteiger partial charge in [-0.25, -0.2) is 13.6 Å². The number of carboxylic acid groups (broad SMARTS) is 1. The average Bonchev–Trinajstić information content (AvgIpc) is 2.40. The minimum absolute atomic E-state index is 0.136. The maximum absolute atomic E-state index is 13.8. The van der Waals surface area contributed by atoms with E-state index >= 15 is 0 Å². The van der Waals surface area contributed by atoms with Crippen LogP contribution in [0.2, 0.25) is 0 Å². The number of carbonyl (C=O) groups is 1. The van der Waals surface area contributed by atoms with Gasteiger partial charge >= 0.3 is 5.97 Å². The lowest BCUT2D eigenvalue weighted by Gasteiger charge is -2.05. The van der Waals surface area contributed by atoms with Crippen LogP contribution >= 0.6 is 11.8 Å². The van der Waals surface area contributed by atoms with Crippen molar-refractivity contribution >= 4 is 23.4 Å². The van der Waals surface area contributed by atoms with E-state index in [1.54, 1.807) is 0 Å². The third-order valence-electron chi connectivity index (χ3n) is 2.50. The van der Waals surface area contributed by atoms with Gasteiger partial charge in [-0.15, -0.1) is 0 Å². The van der Waals surface area contributed by atoms with Gasteiger partial charge in [-0.1, -0.05) is 17.8 Å². The van der Waals surface area contributed by atoms with Gasteiger partial charge in [0.15, 0.2) is 0 Å². The molecular weight excluding hydrogens is 304 g/mol. The highest BCUT2D eigenvalue weighted by Crippen LogP contribution is 2.34. The number of nitrogens with zero attached hydrogens (tertiary/aromatic N) is 1. The molecule has 21 heavy (non-hydrogen) atoms. The van der Waals surface area contributed by atoms with Crippen molar-refractivity contribution in [2.24, 2.45) is 0 Å². The molecule has 0 amide bonds. The highest BCUT2D eigenvalue weighted by Gasteiger charge is 2.23. The normalized spacial score (nSPS) is 10.4. The molecule has 0 radical (unpaired) electrons. The van der Waals surface area contributed by atoms with E-state index < -0.39 is 33.8 Å². The molecule has 0 fully saturated rings. The molecule has 1 N–H and O–H groups in total. The van der Waals surface area contributed by atoms with Gasteiger partial charge in [0.05, 0.1) is 11.0 Å². The Morgan fingerprint density at radius 3 is 2.52 bits per heavy atom. The second kappa shape index (κ2) is 5.88. The van der Waals surface area contributed by atoms with Crippen LogP contribution in [0, 0.1) is 21.7 Å². The Morgan fingerprint density at radius 2 is 1.95 bits per heavy atom. The Hall–Kier alpha value is -2.48. The Labute approximate surface area is 121 Å². The zero-order valence-corrected chi connectivity index (χ0v) is 11.1. The molecule has 108 valence electrons. The summed E-state index contributed by atoms with van der Waals surface area (Å²) in [5.41, 5.74) is -1.45. The van der Waals surface area contributed by atoms with Gasteiger partial charge in [-0.3, -0.25) is 10.1 Å². The maximum Gasteiger partial charge on any atom is 0.342 e. The molecule has 0 spiro atoms. The number of benzene rings is 2. The summed E-state index contributed by atoms with van der Waals surface area (Å²) in [6.07, 6.45) is 0. The summed E-state index contributed by atoms with van der Waals surface area (Å²) in [6.45, 7) is 0. The molecule has 2 aromatic carbocycles. The summed E-state index contributed by atoms with van der Waals surface area (Å²) in [5.74, 6) is -3.01. The molecule has 5 nitrogen and oxygen atoms in total. The van der Waals surface area contributed by atoms with Crippen molar-refractivity contribution < 1.29 is 23.6 Å². The van der Waals surface area contributed by atoms with Crippen molar-refractivity contribution in [3.05, 3.63) is 63.7 Å². The van der Waals surface area contributed by atoms with Crippen LogP contribution in [-0.4, -0.2) is 16.0 Å². The van der Waals surface area contributed by atoms with Crippen LogP contribution in [0.4, 0.5) is 14.5 Å². The van der Waals surface area contributed by atoms with E-state index in [-0.39, 0.29) is 4.90 Å². The fraction of sp³-hybridized carbons (Fsp3) is 0. The molecule has 0 aromatic heterocycles. The number of carboxylic acids is 1. The second-order valence-electron chi connectivity index (χ2n) is 3.92. The second-order valence-corrected chi connectivity index (χ2v) is 5.04. The van der Waals surface area contributed by atoms with Crippen LogP contribution in [-0.2, 0) is 0 Å². The first-order valence-corrected chi connectivity index (χ1v) is 6.35. The van der Waals surface area contributed by atoms with Crippen LogP contribution in [0.3, 0.4) is 0 Å². The monoisotopic (exact) mass is 311 g/mol. The first-order valence-electron chi connectivity index (χ1n) is 5.53. The molecule has 2 aromatic rings. The molecule has 0 saturated carbocycles. The summed E-state index contributed by atoms with van der Waals surface area (Å²) in [6, 6.07) is 6.69. The van der Waals surface area contributed by atoms with Crippen LogP contribution in [0.1, 0.15) is 10.4 Å². The fourth-order valence-electron chi connectivity index (χ4n) is 1.60. The Kier molecular flexibility index (Phi) is 4.18. The highest BCUT2D eigenvalue weighted by atomic mass is 32.2. The fourth-order valence-corrected chi connectivity index (χ4v) is 2.51. The molecule has 8 heteroatoms. The third-order valence-corrected chi connectivity index (χ3v) is 3.52. The Bertz CT molecular complexity index is 736. The molecule has 0 saturated heterocycles. The quantitative estimate of drug-likeness (QED) is 0.687. The zero-order chi connectivity index (χ0) is 15.6. The first-order chi connectivity index (χ1) is 9.88. The van der Waals surface area contributed by atoms with E-state index in [9.17, 15) is 23.7 Å². The lowest BCUT2D eigenvalue weighted by Crippen LogP contribution is -2.04. The van der Waals surface area contributed by atoms with Crippen LogP contribution in [0.5, 0.6) is 0 Å². The minimum atomic E-state index is -1.54. The summed E-state index contributed by atoms with van der Waals surface area (Å²) >= 11 is 0.779. The van der Waals surface area contributed by atoms with Gasteiger partial charge in [0, 0.05) is 9.79 Å². The molecule has 0 unspecified atom stereocenters. The topological polar surface area (TPSA) is 80.4 Å². The molecule has 0 aliphatic rings. The predicted octanol–water partition coefficient (Wildman–Crippen LogP) is 3.72. The maximum atomic E-state index is 13.8. The molecule has 0 aliphatic heterocycles. The van der Waals surface area contributed by atoms with E-state index in [1.165, 1.54) is 18.2 Å². The van der Waals surface area contributed by atoms with E-state index in [0.29, 0.717) is 11.0 Å². The molecule has 2 rings (SSSR count). The van der Waals surface area contributed by atoms with Crippen LogP contribution in [0.25, 0.3) is 0 Å². The molecule has 0 aliphatic carbocycles. The minimum Gasteiger partial charge on any atom is -0.477 e. The molecule has 0 heterocycles. The van der Waals surface area contributed by atoms with Crippen molar-refractivity contribution in [3.63, 3.8) is 0 Å². The summed E-state index contributed by atoms with van der Waals surface area (Å²) in [5, 5.41) is 19.7. The van der Waals surface area contributed by atoms with Gasteiger partial charge in [0.25, 0.3) is 5.69 Å². The van der Waals surface area contributed by atoms with Crippen molar-refractivity contribution in [2.45, 2.75) is 9.79 Å². The molecule has 0 bridgehead atoms. The third kappa shape index (κ3) is 3.34. The Balaban J connectivity index is 2.47. The lowest BCUT2D eigenvalue weighted by molar-refractivity contribution is -0.385. The predicted molar refractivity (Wildman–Crippen MR) is 70.5 cm³/mol. The van der Waals surface area contributed by atoms with Crippen molar-refractivity contribution in [1.29, 1.82) is 0 Å². The van der Waals surface area contributed by atoms with Crippen LogP contribution < -0.4 is 0 Å². The van der Waals surface area contributed by atoms with Crippen molar-refractivity contribution in [1.82, 2.24) is 0 Å². The number of hydrogen-bond donors (Lipinski definition) is 1. The van der Waals surface area contributed by atoms with Gasteiger partial charge in [0.1, 0.15) is 17.2 Å². The van der Waals surface area contributed by atoms with E-state index in [0.717, 1.165) is 23.9 Å². The van der Waals surface area contributed by atoms with Crippen LogP contribution in [0.15, 0.2) is 46.2 Å². The number of rotatable bonds is 4. The van der Waals surface area contributed by atoms with E-state index in [1.807, 2.05) is 0 Å². The smallest absolute Gasteiger partial charge is 0.342 e. The SMILES string of the molecule is O=C(O)c1cc(Sc2cccc(F)c2)c(F)cc1[N+](=O)[O-]. The zero-order valence-electron chi connectivity index (χ0n) is 10.2. The highest BCUT2D eigenvalue weighted by molar-refractivity contribution is 7.99.